The lowest BCUT2D eigenvalue weighted by molar-refractivity contribution is 0.130. The molecule has 0 N–H and O–H groups in total. The molecule has 92 heavy (non-hydrogen) atoms. The van der Waals surface area contributed by atoms with E-state index in [9.17, 15) is 0 Å². The van der Waals surface area contributed by atoms with Crippen LogP contribution in [-0.4, -0.2) is 22.4 Å². The molecule has 0 unspecified atom stereocenters. The zero-order valence-corrected chi connectivity index (χ0v) is 56.4. The van der Waals surface area contributed by atoms with Gasteiger partial charge in [-0.25, -0.2) is 0 Å². The maximum Gasteiger partial charge on any atom is 0.120 e. The molecule has 0 amide bonds. The summed E-state index contributed by atoms with van der Waals surface area (Å²) < 4.78 is 26.0. The Labute approximate surface area is 545 Å². The maximum absolute atomic E-state index is 6.50. The number of rotatable bonds is 16. The van der Waals surface area contributed by atoms with Gasteiger partial charge in [0.1, 0.15) is 45.4 Å². The van der Waals surface area contributed by atoms with Crippen LogP contribution in [0.2, 0.25) is 0 Å². The maximum atomic E-state index is 6.50. The molecule has 8 heteroatoms. The molecule has 0 saturated carbocycles. The molecule has 12 rings (SSSR count). The summed E-state index contributed by atoms with van der Waals surface area (Å²) in [6, 6.07) is 84.1. The molecule has 12 aromatic carbocycles. The van der Waals surface area contributed by atoms with Crippen molar-refractivity contribution >= 4 is 101 Å². The van der Waals surface area contributed by atoms with Gasteiger partial charge >= 0.3 is 0 Å². The Balaban J connectivity index is 1.25. The fourth-order valence-electron chi connectivity index (χ4n) is 12.2. The van der Waals surface area contributed by atoms with Gasteiger partial charge in [-0.2, -0.15) is 0 Å². The number of benzene rings is 12. The van der Waals surface area contributed by atoms with Gasteiger partial charge in [0.2, 0.25) is 0 Å². The van der Waals surface area contributed by atoms with Gasteiger partial charge in [0.15, 0.2) is 0 Å². The summed E-state index contributed by atoms with van der Waals surface area (Å²) in [5.74, 6) is 3.20. The molecule has 0 bridgehead atoms. The highest BCUT2D eigenvalue weighted by atomic mass is 16.5. The molecule has 466 valence electrons. The molecule has 0 aliphatic heterocycles. The average molecular weight is 1220 g/mol. The third-order valence-corrected chi connectivity index (χ3v) is 16.0. The van der Waals surface area contributed by atoms with E-state index in [1.165, 1.54) is 22.3 Å². The van der Waals surface area contributed by atoms with E-state index < -0.39 is 0 Å². The topological polar surface area (TPSA) is 49.9 Å². The van der Waals surface area contributed by atoms with Crippen molar-refractivity contribution in [3.05, 3.63) is 253 Å². The molecule has 0 heterocycles. The molecule has 0 atom stereocenters. The van der Waals surface area contributed by atoms with E-state index in [1.54, 1.807) is 0 Å². The van der Waals surface area contributed by atoms with Crippen molar-refractivity contribution in [1.29, 1.82) is 0 Å². The van der Waals surface area contributed by atoms with Crippen LogP contribution >= 0.6 is 0 Å². The minimum absolute atomic E-state index is 0.383. The highest BCUT2D eigenvalue weighted by Crippen LogP contribution is 2.55. The lowest BCUT2D eigenvalue weighted by atomic mass is 9.89. The van der Waals surface area contributed by atoms with Gasteiger partial charge < -0.3 is 38.5 Å². The summed E-state index contributed by atoms with van der Waals surface area (Å²) in [4.78, 5) is 9.69. The number of hydrogen-bond donors (Lipinski definition) is 0. The molecule has 0 aromatic heterocycles. The van der Waals surface area contributed by atoms with Crippen molar-refractivity contribution in [2.75, 3.05) is 19.6 Å². The molecular formula is C84H86N4O4. The molecule has 0 spiro atoms. The van der Waals surface area contributed by atoms with Crippen LogP contribution in [0.5, 0.6) is 23.0 Å². The Kier molecular flexibility index (Phi) is 16.5. The molecule has 0 fully saturated rings. The van der Waals surface area contributed by atoms with Gasteiger partial charge in [0.25, 0.3) is 0 Å². The van der Waals surface area contributed by atoms with Gasteiger partial charge in [0, 0.05) is 77.8 Å². The van der Waals surface area contributed by atoms with Gasteiger partial charge in [-0.05, 0) is 269 Å². The number of aryl methyl sites for hydroxylation is 4. The van der Waals surface area contributed by atoms with E-state index in [2.05, 4.69) is 361 Å². The van der Waals surface area contributed by atoms with Gasteiger partial charge in [-0.1, -0.05) is 95.1 Å². The molecule has 0 radical (unpaired) electrons. The van der Waals surface area contributed by atoms with Crippen LogP contribution in [0.1, 0.15) is 105 Å². The van der Waals surface area contributed by atoms with Crippen LogP contribution in [0, 0.1) is 27.7 Å². The van der Waals surface area contributed by atoms with Crippen molar-refractivity contribution in [2.24, 2.45) is 0 Å². The van der Waals surface area contributed by atoms with Crippen LogP contribution in [-0.2, 0) is 0 Å². The third kappa shape index (κ3) is 13.6. The van der Waals surface area contributed by atoms with Gasteiger partial charge in [0.05, 0.1) is 22.7 Å². The molecule has 8 nitrogen and oxygen atoms in total. The predicted molar refractivity (Wildman–Crippen MR) is 389 cm³/mol. The Morgan fingerprint density at radius 1 is 0.207 bits per heavy atom. The molecule has 0 saturated heterocycles. The van der Waals surface area contributed by atoms with Crippen molar-refractivity contribution in [3.8, 4) is 23.0 Å². The summed E-state index contributed by atoms with van der Waals surface area (Å²) >= 11 is 0. The number of hydrogen-bond acceptors (Lipinski definition) is 8. The largest absolute Gasteiger partial charge is 0.488 e. The van der Waals surface area contributed by atoms with Crippen LogP contribution in [0.3, 0.4) is 0 Å². The standard InChI is InChI=1S/C84H86N4O4/c1-55-17-25-59(26-18-55)85(63-33-41-67(42-34-63)89-81(5,6)7)75-53-76(86(60-27-19-56(2)20-28-60)64-35-43-68(44-36-64)90-82(8,9)10)72-51-52-74-78(88(62-31-23-58(4)24-32-62)66-39-47-70(48-40-66)92-84(14,15)16)54-77(73-50-49-71(75)79(72)80(73)74)87(61-29-21-57(3)22-30-61)65-37-45-69(46-38-65)91-83(11,12)13/h17-54H,1-16H3. The second-order valence-electron chi connectivity index (χ2n) is 28.4. The van der Waals surface area contributed by atoms with Gasteiger partial charge in [-0.15, -0.1) is 0 Å². The molecule has 0 aliphatic rings. The molecule has 0 aliphatic carbocycles. The van der Waals surface area contributed by atoms with Crippen LogP contribution in [0.15, 0.2) is 231 Å². The number of nitrogens with zero attached hydrogens (tertiary/aromatic N) is 4. The molecular weight excluding hydrogens is 1130 g/mol. The smallest absolute Gasteiger partial charge is 0.120 e. The first-order chi connectivity index (χ1) is 43.7. The first-order valence-electron chi connectivity index (χ1n) is 32.1. The van der Waals surface area contributed by atoms with E-state index in [0.29, 0.717) is 0 Å². The summed E-state index contributed by atoms with van der Waals surface area (Å²) in [7, 11) is 0. The summed E-state index contributed by atoms with van der Waals surface area (Å²) in [5, 5.41) is 6.54. The third-order valence-electron chi connectivity index (χ3n) is 16.0. The lowest BCUT2D eigenvalue weighted by Crippen LogP contribution is -2.23. The van der Waals surface area contributed by atoms with Crippen molar-refractivity contribution in [3.63, 3.8) is 0 Å². The van der Waals surface area contributed by atoms with Crippen molar-refractivity contribution < 1.29 is 18.9 Å². The Hall–Kier alpha value is -9.92. The summed E-state index contributed by atoms with van der Waals surface area (Å²) in [6.45, 7) is 33.7. The highest BCUT2D eigenvalue weighted by Gasteiger charge is 2.30. The van der Waals surface area contributed by atoms with Crippen LogP contribution in [0.25, 0.3) is 32.3 Å². The van der Waals surface area contributed by atoms with E-state index in [-0.39, 0.29) is 22.4 Å². The van der Waals surface area contributed by atoms with Crippen LogP contribution in [0.4, 0.5) is 68.2 Å². The normalized spacial score (nSPS) is 12.1. The highest BCUT2D eigenvalue weighted by molar-refractivity contribution is 6.33. The van der Waals surface area contributed by atoms with E-state index in [0.717, 1.165) is 124 Å². The fourth-order valence-corrected chi connectivity index (χ4v) is 12.2. The fraction of sp³-hybridized carbons (Fsp3) is 0.238. The second kappa shape index (κ2) is 24.4. The SMILES string of the molecule is Cc1ccc(N(c2ccc(OC(C)(C)C)cc2)c2cc(N(c3ccc(C)cc3)c3ccc(OC(C)(C)C)cc3)c3ccc4c(N(c5ccc(C)cc5)c5ccc(OC(C)(C)C)cc5)cc(N(c5ccc(C)cc5)c5ccc(OC(C)(C)C)cc5)c5ccc2c3c54)cc1. The Morgan fingerprint density at radius 2 is 0.359 bits per heavy atom. The van der Waals surface area contributed by atoms with E-state index >= 15 is 0 Å². The number of anilines is 12. The minimum atomic E-state index is -0.383. The average Bonchev–Trinajstić information content (AvgIpc) is 0.702. The van der Waals surface area contributed by atoms with Crippen molar-refractivity contribution in [2.45, 2.75) is 133 Å². The van der Waals surface area contributed by atoms with Crippen molar-refractivity contribution in [1.82, 2.24) is 0 Å². The van der Waals surface area contributed by atoms with E-state index in [1.807, 2.05) is 0 Å². The minimum Gasteiger partial charge on any atom is -0.488 e. The molecule has 12 aromatic rings. The summed E-state index contributed by atoms with van der Waals surface area (Å²) in [6.07, 6.45) is 0. The zero-order valence-electron chi connectivity index (χ0n) is 56.4. The quantitative estimate of drug-likeness (QED) is 0.0887. The monoisotopic (exact) mass is 1210 g/mol. The van der Waals surface area contributed by atoms with Crippen LogP contribution < -0.4 is 38.5 Å². The lowest BCUT2D eigenvalue weighted by Gasteiger charge is -2.34. The summed E-state index contributed by atoms with van der Waals surface area (Å²) in [5.41, 5.74) is 15.2. The predicted octanol–water partition coefficient (Wildman–Crippen LogP) is 24.4. The van der Waals surface area contributed by atoms with E-state index in [4.69, 9.17) is 18.9 Å². The first-order valence-corrected chi connectivity index (χ1v) is 32.1. The first kappa shape index (κ1) is 62.3. The second-order valence-corrected chi connectivity index (χ2v) is 28.4. The Morgan fingerprint density at radius 3 is 0.511 bits per heavy atom. The number of ether oxygens (including phenoxy) is 4. The zero-order chi connectivity index (χ0) is 65.0. The van der Waals surface area contributed by atoms with Gasteiger partial charge in [-0.3, -0.25) is 0 Å². The Bertz CT molecular complexity index is 3950.